The van der Waals surface area contributed by atoms with Gasteiger partial charge in [0.1, 0.15) is 5.75 Å². The number of aromatic hydroxyl groups is 1. The highest BCUT2D eigenvalue weighted by atomic mass is 16.3. The molecule has 2 unspecified atom stereocenters. The first kappa shape index (κ1) is 21.6. The summed E-state index contributed by atoms with van der Waals surface area (Å²) < 4.78 is 0. The second-order valence-corrected chi connectivity index (χ2v) is 9.17. The highest BCUT2D eigenvalue weighted by Gasteiger charge is 2.32. The fraction of sp³-hybridized carbons (Fsp3) is 0.379. The van der Waals surface area contributed by atoms with E-state index in [2.05, 4.69) is 80.7 Å². The molecule has 0 spiro atoms. The maximum Gasteiger partial charge on any atom is 0.115 e. The zero-order chi connectivity index (χ0) is 21.8. The first-order chi connectivity index (χ1) is 15.1. The van der Waals surface area contributed by atoms with Gasteiger partial charge in [-0.3, -0.25) is 0 Å². The Morgan fingerprint density at radius 1 is 0.935 bits per heavy atom. The molecular weight excluding hydrogens is 378 g/mol. The Morgan fingerprint density at radius 2 is 1.65 bits per heavy atom. The summed E-state index contributed by atoms with van der Waals surface area (Å²) in [4.78, 5) is 0. The normalized spacial score (nSPS) is 18.2. The number of hydrogen-bond acceptors (Lipinski definition) is 2. The molecule has 0 fully saturated rings. The van der Waals surface area contributed by atoms with Gasteiger partial charge in [-0.15, -0.1) is 0 Å². The van der Waals surface area contributed by atoms with Crippen molar-refractivity contribution < 1.29 is 5.11 Å². The Morgan fingerprint density at radius 3 is 2.32 bits per heavy atom. The Hall–Kier alpha value is -2.58. The number of fused-ring (bicyclic) bond motifs is 1. The molecule has 0 bridgehead atoms. The van der Waals surface area contributed by atoms with E-state index in [1.165, 1.54) is 33.4 Å². The highest BCUT2D eigenvalue weighted by Crippen LogP contribution is 2.47. The van der Waals surface area contributed by atoms with Crippen LogP contribution in [-0.4, -0.2) is 18.2 Å². The van der Waals surface area contributed by atoms with Gasteiger partial charge in [0.2, 0.25) is 0 Å². The van der Waals surface area contributed by atoms with E-state index in [4.69, 9.17) is 0 Å². The van der Waals surface area contributed by atoms with Crippen LogP contribution in [-0.2, 0) is 12.8 Å². The van der Waals surface area contributed by atoms with E-state index >= 15 is 0 Å². The lowest BCUT2D eigenvalue weighted by Crippen LogP contribution is -2.20. The predicted octanol–water partition coefficient (Wildman–Crippen LogP) is 6.53. The van der Waals surface area contributed by atoms with Crippen LogP contribution in [0.3, 0.4) is 0 Å². The minimum atomic E-state index is 0.317. The summed E-state index contributed by atoms with van der Waals surface area (Å²) in [5.41, 5.74) is 8.22. The minimum absolute atomic E-state index is 0.317. The Balaban J connectivity index is 1.69. The summed E-state index contributed by atoms with van der Waals surface area (Å²) in [5, 5.41) is 13.5. The SMILES string of the molecule is CCNCCc1ccc(C2c3ccc(O)cc3CCC2c2ccc(C(C)C)cc2)cc1. The maximum absolute atomic E-state index is 10.0. The van der Waals surface area contributed by atoms with Crippen LogP contribution in [0.15, 0.2) is 66.7 Å². The van der Waals surface area contributed by atoms with E-state index < -0.39 is 0 Å². The standard InChI is InChI=1S/C29H35NO/c1-4-30-18-17-21-5-7-24(8-6-21)29-27(23-11-9-22(10-12-23)20(2)3)15-13-25-19-26(31)14-16-28(25)29/h5-12,14,16,19-20,27,29-31H,4,13,15,17-18H2,1-3H3. The van der Waals surface area contributed by atoms with Crippen molar-refractivity contribution in [3.05, 3.63) is 100 Å². The molecule has 2 N–H and O–H groups in total. The first-order valence-corrected chi connectivity index (χ1v) is 11.8. The smallest absolute Gasteiger partial charge is 0.115 e. The number of nitrogens with one attached hydrogen (secondary N) is 1. The van der Waals surface area contributed by atoms with Gasteiger partial charge in [-0.1, -0.05) is 75.4 Å². The summed E-state index contributed by atoms with van der Waals surface area (Å²) in [7, 11) is 0. The van der Waals surface area contributed by atoms with Crippen LogP contribution in [0.4, 0.5) is 0 Å². The van der Waals surface area contributed by atoms with E-state index in [9.17, 15) is 5.11 Å². The van der Waals surface area contributed by atoms with E-state index in [0.717, 1.165) is 32.4 Å². The molecular formula is C29H35NO. The molecule has 0 heterocycles. The number of aryl methyl sites for hydroxylation is 1. The first-order valence-electron chi connectivity index (χ1n) is 11.8. The van der Waals surface area contributed by atoms with Crippen molar-refractivity contribution in [3.8, 4) is 5.75 Å². The van der Waals surface area contributed by atoms with Crippen LogP contribution in [0.2, 0.25) is 0 Å². The van der Waals surface area contributed by atoms with Crippen LogP contribution in [0, 0.1) is 0 Å². The summed E-state index contributed by atoms with van der Waals surface area (Å²) in [6.45, 7) is 8.68. The lowest BCUT2D eigenvalue weighted by atomic mass is 9.69. The second-order valence-electron chi connectivity index (χ2n) is 9.17. The lowest BCUT2D eigenvalue weighted by molar-refractivity contribution is 0.469. The van der Waals surface area contributed by atoms with E-state index in [1.807, 2.05) is 12.1 Å². The van der Waals surface area contributed by atoms with E-state index in [0.29, 0.717) is 23.5 Å². The molecule has 0 amide bonds. The number of rotatable bonds is 7. The van der Waals surface area contributed by atoms with Crippen molar-refractivity contribution in [2.45, 2.75) is 57.8 Å². The number of benzene rings is 3. The van der Waals surface area contributed by atoms with Crippen molar-refractivity contribution in [3.63, 3.8) is 0 Å². The van der Waals surface area contributed by atoms with Crippen LogP contribution in [0.25, 0.3) is 0 Å². The zero-order valence-electron chi connectivity index (χ0n) is 19.1. The summed E-state index contributed by atoms with van der Waals surface area (Å²) in [6, 6.07) is 24.5. The average Bonchev–Trinajstić information content (AvgIpc) is 2.79. The zero-order valence-corrected chi connectivity index (χ0v) is 19.1. The van der Waals surface area contributed by atoms with Crippen molar-refractivity contribution in [2.24, 2.45) is 0 Å². The molecule has 0 aliphatic heterocycles. The predicted molar refractivity (Wildman–Crippen MR) is 130 cm³/mol. The maximum atomic E-state index is 10.0. The number of hydrogen-bond donors (Lipinski definition) is 2. The van der Waals surface area contributed by atoms with Gasteiger partial charge in [-0.05, 0) is 89.7 Å². The van der Waals surface area contributed by atoms with Gasteiger partial charge in [0.05, 0.1) is 0 Å². The Bertz CT molecular complexity index is 988. The van der Waals surface area contributed by atoms with Gasteiger partial charge in [0.25, 0.3) is 0 Å². The van der Waals surface area contributed by atoms with Crippen molar-refractivity contribution in [2.75, 3.05) is 13.1 Å². The molecule has 1 aliphatic rings. The minimum Gasteiger partial charge on any atom is -0.508 e. The molecule has 0 aromatic heterocycles. The molecule has 0 saturated carbocycles. The fourth-order valence-corrected chi connectivity index (χ4v) is 5.01. The Labute approximate surface area is 187 Å². The summed E-state index contributed by atoms with van der Waals surface area (Å²) >= 11 is 0. The van der Waals surface area contributed by atoms with E-state index in [-0.39, 0.29) is 0 Å². The van der Waals surface area contributed by atoms with Crippen LogP contribution >= 0.6 is 0 Å². The van der Waals surface area contributed by atoms with Crippen LogP contribution in [0.5, 0.6) is 5.75 Å². The molecule has 31 heavy (non-hydrogen) atoms. The Kier molecular flexibility index (Phi) is 6.77. The van der Waals surface area contributed by atoms with Crippen LogP contribution < -0.4 is 5.32 Å². The molecule has 2 heteroatoms. The summed E-state index contributed by atoms with van der Waals surface area (Å²) in [6.07, 6.45) is 3.17. The third kappa shape index (κ3) is 4.85. The van der Waals surface area contributed by atoms with Gasteiger partial charge >= 0.3 is 0 Å². The third-order valence-electron chi connectivity index (χ3n) is 6.80. The third-order valence-corrected chi connectivity index (χ3v) is 6.80. The van der Waals surface area contributed by atoms with Crippen molar-refractivity contribution in [1.29, 1.82) is 0 Å². The molecule has 2 nitrogen and oxygen atoms in total. The molecule has 3 aromatic rings. The molecule has 0 saturated heterocycles. The molecule has 162 valence electrons. The molecule has 4 rings (SSSR count). The largest absolute Gasteiger partial charge is 0.508 e. The van der Waals surface area contributed by atoms with Gasteiger partial charge < -0.3 is 10.4 Å². The average molecular weight is 414 g/mol. The number of phenolic OH excluding ortho intramolecular Hbond substituents is 1. The molecule has 1 aliphatic carbocycles. The van der Waals surface area contributed by atoms with Crippen LogP contribution in [0.1, 0.15) is 78.3 Å². The van der Waals surface area contributed by atoms with Gasteiger partial charge in [0, 0.05) is 5.92 Å². The monoisotopic (exact) mass is 413 g/mol. The lowest BCUT2D eigenvalue weighted by Gasteiger charge is -2.35. The second kappa shape index (κ2) is 9.70. The quantitative estimate of drug-likeness (QED) is 0.432. The van der Waals surface area contributed by atoms with Crippen molar-refractivity contribution in [1.82, 2.24) is 5.32 Å². The number of phenols is 1. The summed E-state index contributed by atoms with van der Waals surface area (Å²) in [5.74, 6) is 1.69. The van der Waals surface area contributed by atoms with Gasteiger partial charge in [-0.2, -0.15) is 0 Å². The topological polar surface area (TPSA) is 32.3 Å². The number of likely N-dealkylation sites (N-methyl/N-ethyl adjacent to an activating group) is 1. The van der Waals surface area contributed by atoms with E-state index in [1.54, 1.807) is 0 Å². The van der Waals surface area contributed by atoms with Gasteiger partial charge in [0.15, 0.2) is 0 Å². The fourth-order valence-electron chi connectivity index (χ4n) is 5.01. The molecule has 0 radical (unpaired) electrons. The van der Waals surface area contributed by atoms with Crippen molar-refractivity contribution >= 4 is 0 Å². The molecule has 3 aromatic carbocycles. The molecule has 2 atom stereocenters. The van der Waals surface area contributed by atoms with Gasteiger partial charge in [-0.25, -0.2) is 0 Å². The highest BCUT2D eigenvalue weighted by molar-refractivity contribution is 5.48.